The van der Waals surface area contributed by atoms with Gasteiger partial charge in [0.2, 0.25) is 0 Å². The fraction of sp³-hybridized carbons (Fsp3) is 0.300. The summed E-state index contributed by atoms with van der Waals surface area (Å²) >= 11 is 0. The number of hydrogen-bond acceptors (Lipinski definition) is 2. The standard InChI is InChI=1S/C20H21FN4O/c1-25-19-7-3-6-18(17(19)12-22-25)24-20(26)23-16-9-8-14(11-16)13-4-2-5-15(21)10-13/h2-7,10,12,14,16H,8-9,11H2,1H3,(H2,23,24,26)/t14-,16+/m1/s1. The van der Waals surface area contributed by atoms with E-state index in [2.05, 4.69) is 15.7 Å². The molecule has 134 valence electrons. The molecule has 26 heavy (non-hydrogen) atoms. The third-order valence-corrected chi connectivity index (χ3v) is 5.13. The van der Waals surface area contributed by atoms with Crippen molar-refractivity contribution < 1.29 is 9.18 Å². The Bertz CT molecular complexity index is 952. The Labute approximate surface area is 151 Å². The molecule has 1 aliphatic rings. The summed E-state index contributed by atoms with van der Waals surface area (Å²) in [6, 6.07) is 12.4. The third-order valence-electron chi connectivity index (χ3n) is 5.13. The van der Waals surface area contributed by atoms with Crippen LogP contribution in [0.1, 0.15) is 30.7 Å². The highest BCUT2D eigenvalue weighted by Gasteiger charge is 2.27. The average molecular weight is 352 g/mol. The number of nitrogens with zero attached hydrogens (tertiary/aromatic N) is 2. The van der Waals surface area contributed by atoms with Crippen LogP contribution in [0.5, 0.6) is 0 Å². The molecule has 1 heterocycles. The van der Waals surface area contributed by atoms with Crippen LogP contribution in [-0.2, 0) is 7.05 Å². The molecule has 1 saturated carbocycles. The van der Waals surface area contributed by atoms with E-state index in [1.807, 2.05) is 31.3 Å². The minimum Gasteiger partial charge on any atom is -0.335 e. The zero-order valence-corrected chi connectivity index (χ0v) is 14.6. The van der Waals surface area contributed by atoms with E-state index in [9.17, 15) is 9.18 Å². The van der Waals surface area contributed by atoms with Crippen molar-refractivity contribution in [2.45, 2.75) is 31.2 Å². The predicted molar refractivity (Wildman–Crippen MR) is 99.6 cm³/mol. The van der Waals surface area contributed by atoms with Gasteiger partial charge in [0.25, 0.3) is 0 Å². The average Bonchev–Trinajstić information content (AvgIpc) is 3.23. The molecule has 0 radical (unpaired) electrons. The summed E-state index contributed by atoms with van der Waals surface area (Å²) < 4.78 is 15.2. The molecule has 0 bridgehead atoms. The third kappa shape index (κ3) is 3.27. The lowest BCUT2D eigenvalue weighted by atomic mass is 9.97. The van der Waals surface area contributed by atoms with Gasteiger partial charge in [0, 0.05) is 18.5 Å². The van der Waals surface area contributed by atoms with Crippen LogP contribution in [0.3, 0.4) is 0 Å². The van der Waals surface area contributed by atoms with Gasteiger partial charge in [-0.3, -0.25) is 4.68 Å². The monoisotopic (exact) mass is 352 g/mol. The van der Waals surface area contributed by atoms with Gasteiger partial charge in [0.1, 0.15) is 5.82 Å². The lowest BCUT2D eigenvalue weighted by molar-refractivity contribution is 0.248. The van der Waals surface area contributed by atoms with Gasteiger partial charge in [-0.1, -0.05) is 18.2 Å². The molecule has 1 aliphatic carbocycles. The first kappa shape index (κ1) is 16.6. The summed E-state index contributed by atoms with van der Waals surface area (Å²) in [4.78, 5) is 12.4. The molecular formula is C20H21FN4O. The van der Waals surface area contributed by atoms with E-state index >= 15 is 0 Å². The van der Waals surface area contributed by atoms with Crippen LogP contribution in [0.2, 0.25) is 0 Å². The molecule has 2 atom stereocenters. The summed E-state index contributed by atoms with van der Waals surface area (Å²) in [5.41, 5.74) is 2.72. The summed E-state index contributed by atoms with van der Waals surface area (Å²) in [6.45, 7) is 0. The van der Waals surface area contributed by atoms with Crippen molar-refractivity contribution in [3.05, 3.63) is 60.0 Å². The van der Waals surface area contributed by atoms with Crippen molar-refractivity contribution in [2.24, 2.45) is 7.05 Å². The Morgan fingerprint density at radius 2 is 2.08 bits per heavy atom. The maximum Gasteiger partial charge on any atom is 0.319 e. The van der Waals surface area contributed by atoms with E-state index in [0.29, 0.717) is 0 Å². The Morgan fingerprint density at radius 3 is 2.92 bits per heavy atom. The Kier molecular flexibility index (Phi) is 4.32. The number of anilines is 1. The summed E-state index contributed by atoms with van der Waals surface area (Å²) in [5.74, 6) is 0.0824. The molecule has 2 amide bonds. The largest absolute Gasteiger partial charge is 0.335 e. The number of nitrogens with one attached hydrogen (secondary N) is 2. The lowest BCUT2D eigenvalue weighted by Crippen LogP contribution is -2.36. The van der Waals surface area contributed by atoms with Crippen molar-refractivity contribution in [1.82, 2.24) is 15.1 Å². The van der Waals surface area contributed by atoms with Crippen LogP contribution < -0.4 is 10.6 Å². The maximum atomic E-state index is 13.4. The van der Waals surface area contributed by atoms with Gasteiger partial charge in [-0.25, -0.2) is 9.18 Å². The molecule has 3 aromatic rings. The van der Waals surface area contributed by atoms with Gasteiger partial charge < -0.3 is 10.6 Å². The van der Waals surface area contributed by atoms with E-state index in [4.69, 9.17) is 0 Å². The van der Waals surface area contributed by atoms with Gasteiger partial charge in [-0.15, -0.1) is 0 Å². The van der Waals surface area contributed by atoms with Crippen molar-refractivity contribution >= 4 is 22.6 Å². The lowest BCUT2D eigenvalue weighted by Gasteiger charge is -2.15. The van der Waals surface area contributed by atoms with Crippen molar-refractivity contribution in [1.29, 1.82) is 0 Å². The maximum absolute atomic E-state index is 13.4. The van der Waals surface area contributed by atoms with Crippen LogP contribution in [-0.4, -0.2) is 21.9 Å². The van der Waals surface area contributed by atoms with E-state index in [1.165, 1.54) is 6.07 Å². The number of aryl methyl sites for hydroxylation is 1. The number of rotatable bonds is 3. The van der Waals surface area contributed by atoms with Crippen LogP contribution in [0, 0.1) is 5.82 Å². The summed E-state index contributed by atoms with van der Waals surface area (Å²) in [5, 5.41) is 11.1. The van der Waals surface area contributed by atoms with Crippen LogP contribution in [0.25, 0.3) is 10.9 Å². The fourth-order valence-electron chi connectivity index (χ4n) is 3.81. The van der Waals surface area contributed by atoms with Gasteiger partial charge in [-0.05, 0) is 55.0 Å². The quantitative estimate of drug-likeness (QED) is 0.743. The Hall–Kier alpha value is -2.89. The SMILES string of the molecule is Cn1ncc2c(NC(=O)N[C@H]3CC[C@@H](c4cccc(F)c4)C3)cccc21. The minimum absolute atomic E-state index is 0.0939. The Balaban J connectivity index is 1.39. The Morgan fingerprint density at radius 1 is 1.23 bits per heavy atom. The smallest absolute Gasteiger partial charge is 0.319 e. The molecule has 1 aromatic heterocycles. The number of urea groups is 1. The number of fused-ring (bicyclic) bond motifs is 1. The zero-order chi connectivity index (χ0) is 18.1. The normalized spacial score (nSPS) is 19.6. The molecule has 0 saturated heterocycles. The number of hydrogen-bond donors (Lipinski definition) is 2. The highest BCUT2D eigenvalue weighted by molar-refractivity contribution is 6.00. The number of benzene rings is 2. The van der Waals surface area contributed by atoms with Crippen LogP contribution >= 0.6 is 0 Å². The molecule has 0 aliphatic heterocycles. The van der Waals surface area contributed by atoms with Crippen LogP contribution in [0.15, 0.2) is 48.7 Å². The first-order chi connectivity index (χ1) is 12.6. The second kappa shape index (κ2) is 6.78. The highest BCUT2D eigenvalue weighted by atomic mass is 19.1. The van der Waals surface area contributed by atoms with Gasteiger partial charge in [-0.2, -0.15) is 5.10 Å². The second-order valence-electron chi connectivity index (χ2n) is 6.87. The van der Waals surface area contributed by atoms with Crippen molar-refractivity contribution in [2.75, 3.05) is 5.32 Å². The topological polar surface area (TPSA) is 59.0 Å². The number of carbonyl (C=O) groups is 1. The minimum atomic E-state index is -0.216. The first-order valence-electron chi connectivity index (χ1n) is 8.84. The van der Waals surface area contributed by atoms with E-state index in [-0.39, 0.29) is 23.8 Å². The second-order valence-corrected chi connectivity index (χ2v) is 6.87. The highest BCUT2D eigenvalue weighted by Crippen LogP contribution is 2.34. The fourth-order valence-corrected chi connectivity index (χ4v) is 3.81. The van der Waals surface area contributed by atoms with Crippen molar-refractivity contribution in [3.63, 3.8) is 0 Å². The van der Waals surface area contributed by atoms with Gasteiger partial charge in [0.05, 0.1) is 17.4 Å². The molecule has 1 fully saturated rings. The summed E-state index contributed by atoms with van der Waals surface area (Å²) in [6.07, 6.45) is 4.42. The number of amides is 2. The number of carbonyl (C=O) groups excluding carboxylic acids is 1. The zero-order valence-electron chi connectivity index (χ0n) is 14.6. The van der Waals surface area contributed by atoms with E-state index < -0.39 is 0 Å². The van der Waals surface area contributed by atoms with E-state index in [1.54, 1.807) is 23.0 Å². The number of halogens is 1. The molecule has 0 unspecified atom stereocenters. The predicted octanol–water partition coefficient (Wildman–Crippen LogP) is 4.17. The molecule has 4 rings (SSSR count). The molecule has 0 spiro atoms. The number of aromatic nitrogens is 2. The van der Waals surface area contributed by atoms with Gasteiger partial charge >= 0.3 is 6.03 Å². The first-order valence-corrected chi connectivity index (χ1v) is 8.84. The molecule has 6 heteroatoms. The molecule has 5 nitrogen and oxygen atoms in total. The molecule has 2 aromatic carbocycles. The van der Waals surface area contributed by atoms with Crippen molar-refractivity contribution in [3.8, 4) is 0 Å². The van der Waals surface area contributed by atoms with Crippen LogP contribution in [0.4, 0.5) is 14.9 Å². The van der Waals surface area contributed by atoms with Gasteiger partial charge in [0.15, 0.2) is 0 Å². The summed E-state index contributed by atoms with van der Waals surface area (Å²) in [7, 11) is 1.87. The molecular weight excluding hydrogens is 331 g/mol. The van der Waals surface area contributed by atoms with E-state index in [0.717, 1.165) is 41.4 Å². The molecule has 2 N–H and O–H groups in total.